The van der Waals surface area contributed by atoms with E-state index in [1.807, 2.05) is 37.3 Å². The van der Waals surface area contributed by atoms with Crippen molar-refractivity contribution < 1.29 is 14.3 Å². The van der Waals surface area contributed by atoms with Crippen LogP contribution in [0.25, 0.3) is 32.9 Å². The third-order valence-electron chi connectivity index (χ3n) is 8.73. The second-order valence-corrected chi connectivity index (χ2v) is 11.3. The average molecular weight is 575 g/mol. The minimum absolute atomic E-state index is 0.000508. The highest BCUT2D eigenvalue weighted by molar-refractivity contribution is 6.18. The number of benzene rings is 4. The summed E-state index contributed by atoms with van der Waals surface area (Å²) >= 11 is 0. The van der Waals surface area contributed by atoms with Crippen molar-refractivity contribution in [1.29, 1.82) is 0 Å². The lowest BCUT2D eigenvalue weighted by molar-refractivity contribution is -0.0532. The minimum atomic E-state index is -0.597. The Kier molecular flexibility index (Phi) is 7.77. The fourth-order valence-corrected chi connectivity index (χ4v) is 6.42. The molecule has 7 heteroatoms. The third-order valence-corrected chi connectivity index (χ3v) is 8.73. The summed E-state index contributed by atoms with van der Waals surface area (Å²) in [6.07, 6.45) is 0.587. The van der Waals surface area contributed by atoms with Crippen molar-refractivity contribution in [2.75, 3.05) is 38.7 Å². The number of para-hydroxylation sites is 2. The van der Waals surface area contributed by atoms with Gasteiger partial charge in [-0.25, -0.2) is 0 Å². The average Bonchev–Trinajstić information content (AvgIpc) is 3.60. The first kappa shape index (κ1) is 28.6. The van der Waals surface area contributed by atoms with Crippen molar-refractivity contribution in [3.05, 3.63) is 102 Å². The van der Waals surface area contributed by atoms with E-state index in [4.69, 9.17) is 4.74 Å². The first-order valence-electron chi connectivity index (χ1n) is 14.9. The number of nitrogens with one attached hydrogen (secondary N) is 2. The number of Topliss-reactive ketones (excluding diaryl/α,β-unsaturated/α-hetero) is 1. The van der Waals surface area contributed by atoms with Crippen molar-refractivity contribution in [3.8, 4) is 11.1 Å². The van der Waals surface area contributed by atoms with Gasteiger partial charge in [0, 0.05) is 74.3 Å². The highest BCUT2D eigenvalue weighted by atomic mass is 16.5. The predicted octanol–water partition coefficient (Wildman–Crippen LogP) is 6.34. The smallest absolute Gasteiger partial charge is 0.252 e. The highest BCUT2D eigenvalue weighted by Gasteiger charge is 2.34. The van der Waals surface area contributed by atoms with Gasteiger partial charge in [-0.2, -0.15) is 0 Å². The Morgan fingerprint density at radius 1 is 0.953 bits per heavy atom. The van der Waals surface area contributed by atoms with Gasteiger partial charge in [0.05, 0.1) is 16.6 Å². The molecule has 5 aromatic rings. The molecule has 4 aromatic carbocycles. The summed E-state index contributed by atoms with van der Waals surface area (Å²) in [5.74, 6) is 0.208. The number of rotatable bonds is 3. The molecule has 0 spiro atoms. The van der Waals surface area contributed by atoms with Gasteiger partial charge in [-0.1, -0.05) is 73.7 Å². The molecule has 2 aliphatic heterocycles. The Morgan fingerprint density at radius 3 is 2.44 bits per heavy atom. The molecule has 0 unspecified atom stereocenters. The molecule has 1 atom stereocenters. The molecule has 0 radical (unpaired) electrons. The topological polar surface area (TPSA) is 75.6 Å². The molecule has 0 saturated heterocycles. The minimum Gasteiger partial charge on any atom is -0.373 e. The van der Waals surface area contributed by atoms with Crippen molar-refractivity contribution in [2.45, 2.75) is 32.5 Å². The van der Waals surface area contributed by atoms with Crippen LogP contribution in [0.2, 0.25) is 0 Å². The van der Waals surface area contributed by atoms with E-state index in [1.54, 1.807) is 7.11 Å². The molecule has 0 saturated carbocycles. The molecular weight excluding hydrogens is 536 g/mol. The van der Waals surface area contributed by atoms with Crippen LogP contribution in [0.1, 0.15) is 46.5 Å². The van der Waals surface area contributed by atoms with Crippen molar-refractivity contribution in [2.24, 2.45) is 0 Å². The van der Waals surface area contributed by atoms with Crippen LogP contribution in [0, 0.1) is 0 Å². The zero-order valence-electron chi connectivity index (χ0n) is 25.2. The van der Waals surface area contributed by atoms with Gasteiger partial charge in [0.2, 0.25) is 0 Å². The maximum Gasteiger partial charge on any atom is 0.252 e. The van der Waals surface area contributed by atoms with E-state index in [-0.39, 0.29) is 11.7 Å². The number of fused-ring (bicyclic) bond motifs is 9. The van der Waals surface area contributed by atoms with Gasteiger partial charge in [-0.3, -0.25) is 9.59 Å². The summed E-state index contributed by atoms with van der Waals surface area (Å²) in [6, 6.07) is 28.4. The lowest BCUT2D eigenvalue weighted by Gasteiger charge is -2.33. The van der Waals surface area contributed by atoms with Gasteiger partial charge >= 0.3 is 0 Å². The second kappa shape index (κ2) is 11.7. The summed E-state index contributed by atoms with van der Waals surface area (Å²) in [4.78, 5) is 26.4. The predicted molar refractivity (Wildman–Crippen MR) is 174 cm³/mol. The number of hydrogen-bond acceptors (Lipinski definition) is 5. The van der Waals surface area contributed by atoms with E-state index in [1.165, 1.54) is 0 Å². The van der Waals surface area contributed by atoms with E-state index in [9.17, 15) is 9.59 Å². The van der Waals surface area contributed by atoms with Crippen molar-refractivity contribution in [1.82, 2.24) is 15.2 Å². The summed E-state index contributed by atoms with van der Waals surface area (Å²) in [5.41, 5.74) is 7.45. The molecule has 43 heavy (non-hydrogen) atoms. The molecule has 3 heterocycles. The Balaban J connectivity index is 0.000000281. The van der Waals surface area contributed by atoms with Gasteiger partial charge in [-0.15, -0.1) is 0 Å². The largest absolute Gasteiger partial charge is 0.373 e. The molecule has 2 N–H and O–H groups in total. The SMILES string of the molecule is CCC(=O)c1ccccc1.CO[C@@]1(C)CNCCN(C)c2ccccc2-c2cc3c(c4c2C(=O)NC4)c2ccccc2n31. The Morgan fingerprint density at radius 2 is 1.67 bits per heavy atom. The monoisotopic (exact) mass is 574 g/mol. The first-order chi connectivity index (χ1) is 20.9. The van der Waals surface area contributed by atoms with E-state index in [0.717, 1.165) is 68.4 Å². The quantitative estimate of drug-likeness (QED) is 0.246. The maximum absolute atomic E-state index is 13.2. The number of hydrogen-bond donors (Lipinski definition) is 2. The molecule has 0 fully saturated rings. The number of nitrogens with zero attached hydrogens (tertiary/aromatic N) is 2. The van der Waals surface area contributed by atoms with E-state index < -0.39 is 5.72 Å². The number of anilines is 1. The zero-order chi connectivity index (χ0) is 30.1. The number of ketones is 1. The lowest BCUT2D eigenvalue weighted by Crippen LogP contribution is -2.44. The van der Waals surface area contributed by atoms with Crippen molar-refractivity contribution in [3.63, 3.8) is 0 Å². The summed E-state index contributed by atoms with van der Waals surface area (Å²) in [5, 5.41) is 9.00. The molecule has 7 nitrogen and oxygen atoms in total. The number of likely N-dealkylation sites (N-methyl/N-ethyl adjacent to an activating group) is 1. The summed E-state index contributed by atoms with van der Waals surface area (Å²) < 4.78 is 8.49. The van der Waals surface area contributed by atoms with Crippen LogP contribution in [-0.4, -0.2) is 50.0 Å². The zero-order valence-corrected chi connectivity index (χ0v) is 25.2. The fraction of sp³-hybridized carbons (Fsp3) is 0.278. The van der Waals surface area contributed by atoms with Crippen molar-refractivity contribution >= 4 is 39.2 Å². The van der Waals surface area contributed by atoms with E-state index in [0.29, 0.717) is 19.5 Å². The van der Waals surface area contributed by atoms with Crippen LogP contribution < -0.4 is 15.5 Å². The molecule has 1 aromatic heterocycles. The number of carbonyl (C=O) groups excluding carboxylic acids is 2. The number of aromatic nitrogens is 1. The third kappa shape index (κ3) is 4.98. The molecular formula is C36H38N4O3. The Bertz CT molecular complexity index is 1830. The van der Waals surface area contributed by atoms with Gasteiger partial charge < -0.3 is 24.8 Å². The first-order valence-corrected chi connectivity index (χ1v) is 14.9. The molecule has 1 amide bonds. The van der Waals surface area contributed by atoms with Crippen LogP contribution >= 0.6 is 0 Å². The Labute approximate surface area is 252 Å². The van der Waals surface area contributed by atoms with Gasteiger partial charge in [0.15, 0.2) is 11.5 Å². The number of amides is 1. The van der Waals surface area contributed by atoms with Crippen LogP contribution in [0.4, 0.5) is 5.69 Å². The summed E-state index contributed by atoms with van der Waals surface area (Å²) in [7, 11) is 3.88. The van der Waals surface area contributed by atoms with Gasteiger partial charge in [-0.05, 0) is 36.2 Å². The standard InChI is InChI=1S/C27H28N4O2.C9H10O/c1-27(33-3)16-28-12-13-30(2)21-10-6-4-8-17(21)19-14-23-24(20-15-29-26(32)25(19)20)18-9-5-7-11-22(18)31(23)27;1-2-9(10)8-6-4-3-5-7-8/h4-11,14,28H,12-13,15-16H2,1-3H3,(H,29,32);3-7H,2H2,1H3/t27-;/m0./s1. The van der Waals surface area contributed by atoms with Gasteiger partial charge in [0.1, 0.15) is 0 Å². The van der Waals surface area contributed by atoms with Crippen LogP contribution in [-0.2, 0) is 17.0 Å². The molecule has 220 valence electrons. The molecule has 0 aliphatic carbocycles. The van der Waals surface area contributed by atoms with Crippen LogP contribution in [0.15, 0.2) is 84.9 Å². The number of carbonyl (C=O) groups is 2. The Hall–Kier alpha value is -4.46. The number of methoxy groups -OCH3 is 1. The number of ether oxygens (including phenoxy) is 1. The summed E-state index contributed by atoms with van der Waals surface area (Å²) in [6.45, 7) is 6.86. The second-order valence-electron chi connectivity index (χ2n) is 11.3. The van der Waals surface area contributed by atoms with Crippen LogP contribution in [0.5, 0.6) is 0 Å². The molecule has 7 rings (SSSR count). The van der Waals surface area contributed by atoms with Gasteiger partial charge in [0.25, 0.3) is 5.91 Å². The maximum atomic E-state index is 13.2. The normalized spacial score (nSPS) is 17.9. The lowest BCUT2D eigenvalue weighted by atomic mass is 9.92. The highest BCUT2D eigenvalue weighted by Crippen LogP contribution is 2.44. The fourth-order valence-electron chi connectivity index (χ4n) is 6.42. The van der Waals surface area contributed by atoms with E-state index >= 15 is 0 Å². The van der Waals surface area contributed by atoms with E-state index in [2.05, 4.69) is 88.7 Å². The van der Waals surface area contributed by atoms with Crippen LogP contribution in [0.3, 0.4) is 0 Å². The molecule has 2 aliphatic rings. The molecule has 2 bridgehead atoms.